The molecule has 0 bridgehead atoms. The van der Waals surface area contributed by atoms with Crippen LogP contribution in [0.15, 0.2) is 53.4 Å². The molecule has 2 aromatic carbocycles. The van der Waals surface area contributed by atoms with E-state index in [0.717, 1.165) is 39.1 Å². The minimum Gasteiger partial charge on any atom is -0.336 e. The Morgan fingerprint density at radius 2 is 1.96 bits per heavy atom. The van der Waals surface area contributed by atoms with Gasteiger partial charge in [0.05, 0.1) is 27.6 Å². The zero-order chi connectivity index (χ0) is 19.6. The normalized spacial score (nSPS) is 12.9. The van der Waals surface area contributed by atoms with Crippen LogP contribution in [0.2, 0.25) is 0 Å². The van der Waals surface area contributed by atoms with Crippen molar-refractivity contribution in [3.05, 3.63) is 59.1 Å². The Kier molecular flexibility index (Phi) is 5.76. The lowest BCUT2D eigenvalue weighted by atomic mass is 10.2. The number of fused-ring (bicyclic) bond motifs is 1. The van der Waals surface area contributed by atoms with Crippen LogP contribution in [0.1, 0.15) is 23.5 Å². The van der Waals surface area contributed by atoms with Gasteiger partial charge in [-0.25, -0.2) is 4.98 Å². The van der Waals surface area contributed by atoms with Gasteiger partial charge in [-0.15, -0.1) is 23.1 Å². The number of hydrogen-bond acceptors (Lipinski definition) is 4. The van der Waals surface area contributed by atoms with E-state index in [2.05, 4.69) is 4.98 Å². The summed E-state index contributed by atoms with van der Waals surface area (Å²) in [6.07, 6.45) is -4.39. The number of thiazole rings is 1. The van der Waals surface area contributed by atoms with E-state index in [4.69, 9.17) is 0 Å². The maximum absolute atomic E-state index is 12.8. The van der Waals surface area contributed by atoms with E-state index in [0.29, 0.717) is 4.90 Å². The fourth-order valence-corrected chi connectivity index (χ4v) is 4.40. The van der Waals surface area contributed by atoms with Crippen LogP contribution in [0.3, 0.4) is 0 Å². The summed E-state index contributed by atoms with van der Waals surface area (Å²) in [6.45, 7) is 1.89. The largest absolute Gasteiger partial charge is 0.416 e. The quantitative estimate of drug-likeness (QED) is 0.512. The smallest absolute Gasteiger partial charge is 0.336 e. The van der Waals surface area contributed by atoms with Gasteiger partial charge in [0.15, 0.2) is 0 Å². The number of aromatic nitrogens is 1. The SMILES string of the molecule is C[C@@H](c1nc2ccccc2s1)N(C)C(=O)CSc1cccc(C(F)(F)F)c1. The van der Waals surface area contributed by atoms with Crippen molar-refractivity contribution in [3.63, 3.8) is 0 Å². The van der Waals surface area contributed by atoms with Crippen molar-refractivity contribution >= 4 is 39.2 Å². The molecule has 3 nitrogen and oxygen atoms in total. The van der Waals surface area contributed by atoms with E-state index in [1.54, 1.807) is 18.0 Å². The molecule has 142 valence electrons. The fourth-order valence-electron chi connectivity index (χ4n) is 2.46. The number of nitrogens with zero attached hydrogens (tertiary/aromatic N) is 2. The van der Waals surface area contributed by atoms with Gasteiger partial charge in [-0.05, 0) is 37.3 Å². The molecule has 1 aromatic heterocycles. The van der Waals surface area contributed by atoms with Gasteiger partial charge in [0, 0.05) is 11.9 Å². The Morgan fingerprint density at radius 3 is 2.67 bits per heavy atom. The minimum absolute atomic E-state index is 0.0625. The highest BCUT2D eigenvalue weighted by molar-refractivity contribution is 8.00. The van der Waals surface area contributed by atoms with Crippen molar-refractivity contribution < 1.29 is 18.0 Å². The first-order valence-electron chi connectivity index (χ1n) is 8.17. The van der Waals surface area contributed by atoms with Crippen molar-refractivity contribution in [1.29, 1.82) is 0 Å². The number of alkyl halides is 3. The second-order valence-electron chi connectivity index (χ2n) is 6.01. The predicted molar refractivity (Wildman–Crippen MR) is 103 cm³/mol. The number of carbonyl (C=O) groups excluding carboxylic acids is 1. The summed E-state index contributed by atoms with van der Waals surface area (Å²) in [5, 5.41) is 0.830. The van der Waals surface area contributed by atoms with Crippen LogP contribution in [0.5, 0.6) is 0 Å². The summed E-state index contributed by atoms with van der Waals surface area (Å²) < 4.78 is 39.4. The average molecular weight is 410 g/mol. The molecule has 0 radical (unpaired) electrons. The number of amides is 1. The van der Waals surface area contributed by atoms with Gasteiger partial charge >= 0.3 is 6.18 Å². The maximum Gasteiger partial charge on any atom is 0.416 e. The standard InChI is InChI=1S/C19H17F3N2OS2/c1-12(18-23-15-8-3-4-9-16(15)27-18)24(2)17(25)11-26-14-7-5-6-13(10-14)19(20,21)22/h3-10,12H,11H2,1-2H3/t12-/m0/s1. The third-order valence-corrected chi connectivity index (χ3v) is 6.35. The Bertz CT molecular complexity index is 922. The molecule has 1 amide bonds. The summed E-state index contributed by atoms with van der Waals surface area (Å²) in [5.74, 6) is -0.100. The summed E-state index contributed by atoms with van der Waals surface area (Å²) in [7, 11) is 1.69. The van der Waals surface area contributed by atoms with E-state index in [-0.39, 0.29) is 17.7 Å². The number of thioether (sulfide) groups is 1. The number of hydrogen-bond donors (Lipinski definition) is 0. The first kappa shape index (κ1) is 19.7. The molecule has 0 N–H and O–H groups in total. The monoisotopic (exact) mass is 410 g/mol. The molecular formula is C19H17F3N2OS2. The van der Waals surface area contributed by atoms with E-state index >= 15 is 0 Å². The highest BCUT2D eigenvalue weighted by atomic mass is 32.2. The molecule has 3 aromatic rings. The van der Waals surface area contributed by atoms with Crippen LogP contribution in [-0.2, 0) is 11.0 Å². The van der Waals surface area contributed by atoms with Gasteiger partial charge < -0.3 is 4.90 Å². The molecule has 0 aliphatic carbocycles. The third-order valence-electron chi connectivity index (χ3n) is 4.17. The highest BCUT2D eigenvalue weighted by Crippen LogP contribution is 2.33. The molecule has 0 aliphatic heterocycles. The van der Waals surface area contributed by atoms with E-state index in [1.807, 2.05) is 31.2 Å². The number of halogens is 3. The Balaban J connectivity index is 1.65. The van der Waals surface area contributed by atoms with Crippen molar-refractivity contribution in [3.8, 4) is 0 Å². The Labute approximate surface area is 163 Å². The maximum atomic E-state index is 12.8. The van der Waals surface area contributed by atoms with Crippen LogP contribution in [0.4, 0.5) is 13.2 Å². The zero-order valence-corrected chi connectivity index (χ0v) is 16.3. The summed E-state index contributed by atoms with van der Waals surface area (Å²) in [6, 6.07) is 12.6. The minimum atomic E-state index is -4.39. The predicted octanol–water partition coefficient (Wildman–Crippen LogP) is 5.63. The van der Waals surface area contributed by atoms with Crippen LogP contribution in [0.25, 0.3) is 10.2 Å². The molecule has 27 heavy (non-hydrogen) atoms. The van der Waals surface area contributed by atoms with Crippen LogP contribution >= 0.6 is 23.1 Å². The van der Waals surface area contributed by atoms with Gasteiger partial charge in [-0.1, -0.05) is 18.2 Å². The average Bonchev–Trinajstić information content (AvgIpc) is 3.08. The molecule has 0 aliphatic rings. The molecule has 1 atom stereocenters. The molecule has 0 saturated carbocycles. The summed E-state index contributed by atoms with van der Waals surface area (Å²) in [4.78, 5) is 19.1. The fraction of sp³-hybridized carbons (Fsp3) is 0.263. The highest BCUT2D eigenvalue weighted by Gasteiger charge is 2.30. The molecule has 1 heterocycles. The lowest BCUT2D eigenvalue weighted by Gasteiger charge is -2.23. The lowest BCUT2D eigenvalue weighted by molar-refractivity contribution is -0.137. The number of para-hydroxylation sites is 1. The van der Waals surface area contributed by atoms with E-state index in [1.165, 1.54) is 17.4 Å². The van der Waals surface area contributed by atoms with Gasteiger partial charge in [-0.3, -0.25) is 4.79 Å². The zero-order valence-electron chi connectivity index (χ0n) is 14.7. The first-order valence-corrected chi connectivity index (χ1v) is 9.97. The summed E-state index contributed by atoms with van der Waals surface area (Å²) in [5.41, 5.74) is 0.180. The third kappa shape index (κ3) is 4.62. The molecule has 0 unspecified atom stereocenters. The molecule has 0 fully saturated rings. The molecule has 0 saturated heterocycles. The molecule has 3 rings (SSSR count). The van der Waals surface area contributed by atoms with Gasteiger partial charge in [0.2, 0.25) is 5.91 Å². The molecular weight excluding hydrogens is 393 g/mol. The topological polar surface area (TPSA) is 33.2 Å². The molecule has 8 heteroatoms. The number of carbonyl (C=O) groups is 1. The van der Waals surface area contributed by atoms with Gasteiger partial charge in [0.1, 0.15) is 5.01 Å². The van der Waals surface area contributed by atoms with Crippen LogP contribution < -0.4 is 0 Å². The second-order valence-corrected chi connectivity index (χ2v) is 8.13. The van der Waals surface area contributed by atoms with Crippen molar-refractivity contribution in [2.75, 3.05) is 12.8 Å². The number of rotatable bonds is 5. The molecule has 0 spiro atoms. The van der Waals surface area contributed by atoms with Crippen LogP contribution in [0, 0.1) is 0 Å². The Hall–Kier alpha value is -2.06. The first-order chi connectivity index (χ1) is 12.8. The van der Waals surface area contributed by atoms with Gasteiger partial charge in [0.25, 0.3) is 0 Å². The van der Waals surface area contributed by atoms with Crippen molar-refractivity contribution in [2.24, 2.45) is 0 Å². The van der Waals surface area contributed by atoms with Crippen molar-refractivity contribution in [2.45, 2.75) is 24.0 Å². The van der Waals surface area contributed by atoms with E-state index in [9.17, 15) is 18.0 Å². The van der Waals surface area contributed by atoms with Gasteiger partial charge in [-0.2, -0.15) is 13.2 Å². The van der Waals surface area contributed by atoms with E-state index < -0.39 is 11.7 Å². The second kappa shape index (κ2) is 7.90. The lowest BCUT2D eigenvalue weighted by Crippen LogP contribution is -2.31. The van der Waals surface area contributed by atoms with Crippen LogP contribution in [-0.4, -0.2) is 28.6 Å². The number of benzene rings is 2. The van der Waals surface area contributed by atoms with Crippen molar-refractivity contribution in [1.82, 2.24) is 9.88 Å². The Morgan fingerprint density at radius 1 is 1.22 bits per heavy atom. The summed E-state index contributed by atoms with van der Waals surface area (Å²) >= 11 is 2.63.